The molecule has 0 aromatic rings. The van der Waals surface area contributed by atoms with Gasteiger partial charge in [-0.05, 0) is 39.1 Å². The molecule has 1 rings (SSSR count). The van der Waals surface area contributed by atoms with E-state index in [2.05, 4.69) is 23.5 Å². The minimum Gasteiger partial charge on any atom is -0.503 e. The Balaban J connectivity index is 2.54. The monoisotopic (exact) mass is 208 g/mol. The lowest BCUT2D eigenvalue weighted by molar-refractivity contribution is 0.252. The summed E-state index contributed by atoms with van der Waals surface area (Å²) in [6.07, 6.45) is 7.47. The number of methoxy groups -OCH3 is 1. The molecule has 0 spiro atoms. The molecule has 0 N–H and O–H groups in total. The van der Waals surface area contributed by atoms with Gasteiger partial charge in [-0.3, -0.25) is 4.99 Å². The molecule has 1 saturated heterocycles. The molecule has 0 amide bonds. The van der Waals surface area contributed by atoms with E-state index in [-0.39, 0.29) is 0 Å². The van der Waals surface area contributed by atoms with Gasteiger partial charge in [-0.1, -0.05) is 6.58 Å². The van der Waals surface area contributed by atoms with Gasteiger partial charge in [-0.2, -0.15) is 0 Å². The summed E-state index contributed by atoms with van der Waals surface area (Å²) in [6.45, 7) is 6.10. The number of aliphatic imine (C=N–C) groups is 1. The minimum absolute atomic E-state index is 0.556. The van der Waals surface area contributed by atoms with Gasteiger partial charge in [0.2, 0.25) is 0 Å². The van der Waals surface area contributed by atoms with Crippen molar-refractivity contribution in [2.45, 2.75) is 12.8 Å². The van der Waals surface area contributed by atoms with E-state index >= 15 is 0 Å². The second-order valence-electron chi connectivity index (χ2n) is 3.86. The highest BCUT2D eigenvalue weighted by Crippen LogP contribution is 2.18. The van der Waals surface area contributed by atoms with Crippen LogP contribution in [-0.4, -0.2) is 37.9 Å². The summed E-state index contributed by atoms with van der Waals surface area (Å²) < 4.78 is 4.81. The largest absolute Gasteiger partial charge is 0.503 e. The molecule has 1 aliphatic rings. The van der Waals surface area contributed by atoms with Crippen molar-refractivity contribution in [3.05, 3.63) is 25.1 Å². The van der Waals surface area contributed by atoms with Crippen molar-refractivity contribution in [2.24, 2.45) is 10.9 Å². The van der Waals surface area contributed by atoms with Crippen LogP contribution in [0.4, 0.5) is 0 Å². The number of hydrogen-bond donors (Lipinski definition) is 0. The molecule has 1 fully saturated rings. The first-order chi connectivity index (χ1) is 7.27. The predicted molar refractivity (Wildman–Crippen MR) is 64.0 cm³/mol. The first kappa shape index (κ1) is 12.0. The lowest BCUT2D eigenvalue weighted by Gasteiger charge is -2.28. The molecule has 0 aliphatic carbocycles. The molecule has 3 heteroatoms. The maximum absolute atomic E-state index is 4.81. The van der Waals surface area contributed by atoms with E-state index in [9.17, 15) is 0 Å². The van der Waals surface area contributed by atoms with Crippen molar-refractivity contribution in [2.75, 3.05) is 27.2 Å². The summed E-state index contributed by atoms with van der Waals surface area (Å²) in [4.78, 5) is 6.70. The molecule has 0 aromatic carbocycles. The molecule has 0 unspecified atom stereocenters. The van der Waals surface area contributed by atoms with Crippen molar-refractivity contribution in [3.8, 4) is 0 Å². The Morgan fingerprint density at radius 3 is 2.67 bits per heavy atom. The van der Waals surface area contributed by atoms with Gasteiger partial charge in [0.25, 0.3) is 0 Å². The fourth-order valence-corrected chi connectivity index (χ4v) is 1.81. The van der Waals surface area contributed by atoms with E-state index in [1.54, 1.807) is 19.6 Å². The number of likely N-dealkylation sites (tertiary alicyclic amines) is 1. The van der Waals surface area contributed by atoms with Crippen molar-refractivity contribution in [1.29, 1.82) is 0 Å². The molecule has 3 nitrogen and oxygen atoms in total. The maximum atomic E-state index is 4.81. The highest BCUT2D eigenvalue weighted by atomic mass is 16.5. The van der Waals surface area contributed by atoms with E-state index in [1.165, 1.54) is 12.8 Å². The standard InChI is InChI=1S/C12H20N2O/c1-4-12(13-7-10-15-3)11-5-8-14(2)9-6-11/h4,7,10-11H,1,5-6,8-9H2,2-3H3/b10-7-,13-12?. The predicted octanol–water partition coefficient (Wildman–Crippen LogP) is 2.07. The number of nitrogens with zero attached hydrogens (tertiary/aromatic N) is 2. The summed E-state index contributed by atoms with van der Waals surface area (Å²) in [5.41, 5.74) is 1.08. The van der Waals surface area contributed by atoms with Crippen LogP contribution in [-0.2, 0) is 4.74 Å². The molecule has 0 bridgehead atoms. The number of ether oxygens (including phenoxy) is 1. The van der Waals surface area contributed by atoms with Crippen LogP contribution in [0.5, 0.6) is 0 Å². The van der Waals surface area contributed by atoms with Gasteiger partial charge >= 0.3 is 0 Å². The molecule has 15 heavy (non-hydrogen) atoms. The first-order valence-electron chi connectivity index (χ1n) is 5.34. The fraction of sp³-hybridized carbons (Fsp3) is 0.583. The second-order valence-corrected chi connectivity index (χ2v) is 3.86. The molecule has 0 aromatic heterocycles. The Bertz CT molecular complexity index is 250. The van der Waals surface area contributed by atoms with E-state index in [0.29, 0.717) is 5.92 Å². The second kappa shape index (κ2) is 6.40. The normalized spacial score (nSPS) is 20.8. The SMILES string of the molecule is C=CC(=N/C=C\OC)C1CCN(C)CC1. The van der Waals surface area contributed by atoms with Crippen LogP contribution in [0.15, 0.2) is 30.1 Å². The third kappa shape index (κ3) is 3.88. The van der Waals surface area contributed by atoms with Gasteiger partial charge < -0.3 is 9.64 Å². The Labute approximate surface area is 92.1 Å². The van der Waals surface area contributed by atoms with Gasteiger partial charge in [-0.15, -0.1) is 0 Å². The third-order valence-corrected chi connectivity index (χ3v) is 2.77. The summed E-state index contributed by atoms with van der Waals surface area (Å²) in [6, 6.07) is 0. The topological polar surface area (TPSA) is 24.8 Å². The minimum atomic E-state index is 0.556. The zero-order valence-electron chi connectivity index (χ0n) is 9.65. The van der Waals surface area contributed by atoms with Crippen molar-refractivity contribution in [1.82, 2.24) is 4.90 Å². The number of hydrogen-bond acceptors (Lipinski definition) is 3. The quantitative estimate of drug-likeness (QED) is 0.522. The number of piperidine rings is 1. The van der Waals surface area contributed by atoms with Gasteiger partial charge in [0, 0.05) is 11.6 Å². The smallest absolute Gasteiger partial charge is 0.101 e. The van der Waals surface area contributed by atoms with Gasteiger partial charge in [0.1, 0.15) is 6.26 Å². The zero-order valence-corrected chi connectivity index (χ0v) is 9.65. The molecule has 0 saturated carbocycles. The summed E-state index contributed by atoms with van der Waals surface area (Å²) in [5, 5.41) is 0. The average Bonchev–Trinajstić information content (AvgIpc) is 2.26. The van der Waals surface area contributed by atoms with E-state index in [4.69, 9.17) is 4.74 Å². The maximum Gasteiger partial charge on any atom is 0.101 e. The van der Waals surface area contributed by atoms with Crippen LogP contribution >= 0.6 is 0 Å². The Kier molecular flexibility index (Phi) is 5.12. The van der Waals surface area contributed by atoms with Crippen molar-refractivity contribution >= 4 is 5.71 Å². The Morgan fingerprint density at radius 2 is 2.13 bits per heavy atom. The highest BCUT2D eigenvalue weighted by Gasteiger charge is 2.19. The molecule has 84 valence electrons. The average molecular weight is 208 g/mol. The summed E-state index contributed by atoms with van der Waals surface area (Å²) >= 11 is 0. The number of allylic oxidation sites excluding steroid dienone is 1. The van der Waals surface area contributed by atoms with E-state index in [0.717, 1.165) is 18.8 Å². The number of rotatable bonds is 4. The molecule has 1 aliphatic heterocycles. The lowest BCUT2D eigenvalue weighted by Crippen LogP contribution is -2.33. The van der Waals surface area contributed by atoms with E-state index < -0.39 is 0 Å². The third-order valence-electron chi connectivity index (χ3n) is 2.77. The van der Waals surface area contributed by atoms with Crippen molar-refractivity contribution < 1.29 is 4.74 Å². The lowest BCUT2D eigenvalue weighted by atomic mass is 9.92. The van der Waals surface area contributed by atoms with Crippen molar-refractivity contribution in [3.63, 3.8) is 0 Å². The summed E-state index contributed by atoms with van der Waals surface area (Å²) in [5.74, 6) is 0.556. The summed E-state index contributed by atoms with van der Waals surface area (Å²) in [7, 11) is 3.78. The first-order valence-corrected chi connectivity index (χ1v) is 5.34. The molecule has 0 radical (unpaired) electrons. The van der Waals surface area contributed by atoms with Crippen LogP contribution in [0.25, 0.3) is 0 Å². The van der Waals surface area contributed by atoms with Gasteiger partial charge in [0.15, 0.2) is 0 Å². The van der Waals surface area contributed by atoms with Crippen LogP contribution in [0.3, 0.4) is 0 Å². The zero-order chi connectivity index (χ0) is 11.1. The Morgan fingerprint density at radius 1 is 1.47 bits per heavy atom. The van der Waals surface area contributed by atoms with E-state index in [1.807, 2.05) is 6.08 Å². The highest BCUT2D eigenvalue weighted by molar-refractivity contribution is 5.96. The Hall–Kier alpha value is -1.09. The molecule has 1 heterocycles. The van der Waals surface area contributed by atoms with Crippen LogP contribution in [0.2, 0.25) is 0 Å². The molecule has 0 atom stereocenters. The van der Waals surface area contributed by atoms with Crippen LogP contribution in [0.1, 0.15) is 12.8 Å². The van der Waals surface area contributed by atoms with Crippen LogP contribution in [0, 0.1) is 5.92 Å². The van der Waals surface area contributed by atoms with Gasteiger partial charge in [0.05, 0.1) is 13.3 Å². The van der Waals surface area contributed by atoms with Crippen LogP contribution < -0.4 is 0 Å². The molecular formula is C12H20N2O. The van der Waals surface area contributed by atoms with Gasteiger partial charge in [-0.25, -0.2) is 0 Å². The fourth-order valence-electron chi connectivity index (χ4n) is 1.81. The molecular weight excluding hydrogens is 188 g/mol.